The molecule has 0 atom stereocenters. The molecular formula is C7H10N4S. The van der Waals surface area contributed by atoms with Crippen molar-refractivity contribution < 1.29 is 0 Å². The fraction of sp³-hybridized carbons (Fsp3) is 0.143. The summed E-state index contributed by atoms with van der Waals surface area (Å²) in [5.74, 6) is 0.583. The Labute approximate surface area is 73.7 Å². The number of thiophene rings is 1. The predicted octanol–water partition coefficient (Wildman–Crippen LogP) is 1.04. The molecule has 4 nitrogen and oxygen atoms in total. The Morgan fingerprint density at radius 1 is 1.50 bits per heavy atom. The highest BCUT2D eigenvalue weighted by Crippen LogP contribution is 2.32. The van der Waals surface area contributed by atoms with Crippen LogP contribution in [0, 0.1) is 0 Å². The average molecular weight is 182 g/mol. The lowest BCUT2D eigenvalue weighted by atomic mass is 10.3. The Hall–Kier alpha value is -1.36. The lowest BCUT2D eigenvalue weighted by molar-refractivity contribution is 0.998. The van der Waals surface area contributed by atoms with Gasteiger partial charge in [0, 0.05) is 12.4 Å². The second kappa shape index (κ2) is 2.31. The van der Waals surface area contributed by atoms with Gasteiger partial charge in [-0.05, 0) is 11.4 Å². The summed E-state index contributed by atoms with van der Waals surface area (Å²) in [7, 11) is 1.81. The molecular weight excluding hydrogens is 172 g/mol. The minimum Gasteiger partial charge on any atom is -0.395 e. The maximum absolute atomic E-state index is 5.78. The number of nitrogens with zero attached hydrogens (tertiary/aromatic N) is 1. The molecule has 0 saturated carbocycles. The van der Waals surface area contributed by atoms with Gasteiger partial charge in [0.1, 0.15) is 10.6 Å². The van der Waals surface area contributed by atoms with Gasteiger partial charge < -0.3 is 16.9 Å². The third-order valence-corrected chi connectivity index (χ3v) is 2.78. The summed E-state index contributed by atoms with van der Waals surface area (Å²) in [6.45, 7) is 0. The SMILES string of the molecule is CNn1c(N)c(N)c2ccsc21. The van der Waals surface area contributed by atoms with Crippen molar-refractivity contribution in [2.24, 2.45) is 0 Å². The van der Waals surface area contributed by atoms with Crippen molar-refractivity contribution in [3.8, 4) is 0 Å². The summed E-state index contributed by atoms with van der Waals surface area (Å²) < 4.78 is 1.79. The van der Waals surface area contributed by atoms with Crippen LogP contribution in [0.25, 0.3) is 10.2 Å². The smallest absolute Gasteiger partial charge is 0.147 e. The maximum Gasteiger partial charge on any atom is 0.147 e. The molecule has 0 aliphatic heterocycles. The van der Waals surface area contributed by atoms with Crippen molar-refractivity contribution in [3.05, 3.63) is 11.4 Å². The Balaban J connectivity index is 2.88. The van der Waals surface area contributed by atoms with Crippen LogP contribution in [0.2, 0.25) is 0 Å². The summed E-state index contributed by atoms with van der Waals surface area (Å²) in [5.41, 5.74) is 15.2. The lowest BCUT2D eigenvalue weighted by Crippen LogP contribution is -2.11. The Kier molecular flexibility index (Phi) is 1.41. The van der Waals surface area contributed by atoms with Crippen LogP contribution in [-0.2, 0) is 0 Å². The van der Waals surface area contributed by atoms with Crippen molar-refractivity contribution in [2.75, 3.05) is 23.9 Å². The van der Waals surface area contributed by atoms with Gasteiger partial charge in [0.25, 0.3) is 0 Å². The lowest BCUT2D eigenvalue weighted by Gasteiger charge is -2.03. The molecule has 0 saturated heterocycles. The molecule has 64 valence electrons. The van der Waals surface area contributed by atoms with E-state index in [0.717, 1.165) is 10.2 Å². The topological polar surface area (TPSA) is 69.0 Å². The highest BCUT2D eigenvalue weighted by molar-refractivity contribution is 7.17. The highest BCUT2D eigenvalue weighted by Gasteiger charge is 2.11. The standard InChI is InChI=1S/C7H10N4S/c1-10-11-6(9)5(8)4-2-3-12-7(4)11/h2-3,10H,8-9H2,1H3. The molecule has 0 amide bonds. The fourth-order valence-electron chi connectivity index (χ4n) is 1.27. The normalized spacial score (nSPS) is 10.8. The molecule has 0 aromatic carbocycles. The number of hydrogen-bond acceptors (Lipinski definition) is 4. The highest BCUT2D eigenvalue weighted by atomic mass is 32.1. The van der Waals surface area contributed by atoms with E-state index in [1.165, 1.54) is 0 Å². The largest absolute Gasteiger partial charge is 0.395 e. The number of anilines is 2. The van der Waals surface area contributed by atoms with Crippen LogP contribution in [0.1, 0.15) is 0 Å². The molecule has 12 heavy (non-hydrogen) atoms. The molecule has 0 spiro atoms. The van der Waals surface area contributed by atoms with Crippen LogP contribution in [-0.4, -0.2) is 11.7 Å². The number of aromatic nitrogens is 1. The molecule has 0 aliphatic rings. The van der Waals surface area contributed by atoms with E-state index >= 15 is 0 Å². The maximum atomic E-state index is 5.78. The molecule has 2 rings (SSSR count). The molecule has 0 aliphatic carbocycles. The minimum atomic E-state index is 0.583. The van der Waals surface area contributed by atoms with Gasteiger partial charge in [0.05, 0.1) is 5.69 Å². The van der Waals surface area contributed by atoms with Gasteiger partial charge in [-0.3, -0.25) is 0 Å². The second-order valence-corrected chi connectivity index (χ2v) is 3.39. The van der Waals surface area contributed by atoms with Gasteiger partial charge >= 0.3 is 0 Å². The van der Waals surface area contributed by atoms with Crippen LogP contribution in [0.4, 0.5) is 11.5 Å². The number of rotatable bonds is 1. The first kappa shape index (κ1) is 7.30. The molecule has 5 heteroatoms. The van der Waals surface area contributed by atoms with E-state index in [-0.39, 0.29) is 0 Å². The summed E-state index contributed by atoms with van der Waals surface area (Å²) in [6.07, 6.45) is 0. The summed E-state index contributed by atoms with van der Waals surface area (Å²) in [6, 6.07) is 1.97. The van der Waals surface area contributed by atoms with E-state index < -0.39 is 0 Å². The number of hydrogen-bond donors (Lipinski definition) is 3. The fourth-order valence-corrected chi connectivity index (χ4v) is 2.20. The third kappa shape index (κ3) is 0.711. The summed E-state index contributed by atoms with van der Waals surface area (Å²) in [5, 5.41) is 3.01. The molecule has 0 unspecified atom stereocenters. The zero-order valence-electron chi connectivity index (χ0n) is 6.66. The van der Waals surface area contributed by atoms with Crippen molar-refractivity contribution in [1.29, 1.82) is 0 Å². The van der Waals surface area contributed by atoms with E-state index in [2.05, 4.69) is 5.43 Å². The molecule has 0 radical (unpaired) electrons. The molecule has 5 N–H and O–H groups in total. The van der Waals surface area contributed by atoms with Gasteiger partial charge in [-0.1, -0.05) is 0 Å². The van der Waals surface area contributed by atoms with E-state index in [0.29, 0.717) is 11.5 Å². The van der Waals surface area contributed by atoms with E-state index in [1.54, 1.807) is 16.0 Å². The first-order chi connectivity index (χ1) is 5.75. The van der Waals surface area contributed by atoms with Gasteiger partial charge in [0.15, 0.2) is 0 Å². The molecule has 2 heterocycles. The van der Waals surface area contributed by atoms with Crippen LogP contribution in [0.15, 0.2) is 11.4 Å². The first-order valence-electron chi connectivity index (χ1n) is 3.56. The van der Waals surface area contributed by atoms with E-state index in [4.69, 9.17) is 11.5 Å². The quantitative estimate of drug-likeness (QED) is 0.617. The Bertz CT molecular complexity index is 414. The Morgan fingerprint density at radius 2 is 2.25 bits per heavy atom. The van der Waals surface area contributed by atoms with Gasteiger partial charge in [0.2, 0.25) is 0 Å². The molecule has 0 bridgehead atoms. The Morgan fingerprint density at radius 3 is 2.92 bits per heavy atom. The number of nitrogens with one attached hydrogen (secondary N) is 1. The minimum absolute atomic E-state index is 0.583. The van der Waals surface area contributed by atoms with Gasteiger partial charge in [-0.25, -0.2) is 4.68 Å². The number of fused-ring (bicyclic) bond motifs is 1. The van der Waals surface area contributed by atoms with Crippen LogP contribution >= 0.6 is 11.3 Å². The predicted molar refractivity (Wildman–Crippen MR) is 53.9 cm³/mol. The van der Waals surface area contributed by atoms with E-state index in [9.17, 15) is 0 Å². The molecule has 0 fully saturated rings. The van der Waals surface area contributed by atoms with Crippen LogP contribution in [0.5, 0.6) is 0 Å². The monoisotopic (exact) mass is 182 g/mol. The van der Waals surface area contributed by atoms with Crippen LogP contribution < -0.4 is 16.9 Å². The average Bonchev–Trinajstić information content (AvgIpc) is 2.59. The molecule has 2 aromatic rings. The number of nitrogen functional groups attached to an aromatic ring is 2. The van der Waals surface area contributed by atoms with Gasteiger partial charge in [-0.15, -0.1) is 11.3 Å². The number of nitrogens with two attached hydrogens (primary N) is 2. The zero-order chi connectivity index (χ0) is 8.72. The van der Waals surface area contributed by atoms with Crippen LogP contribution in [0.3, 0.4) is 0 Å². The molecule has 2 aromatic heterocycles. The van der Waals surface area contributed by atoms with Crippen molar-refractivity contribution in [1.82, 2.24) is 4.68 Å². The van der Waals surface area contributed by atoms with E-state index in [1.807, 2.05) is 18.5 Å². The van der Waals surface area contributed by atoms with Crippen molar-refractivity contribution in [3.63, 3.8) is 0 Å². The summed E-state index contributed by atoms with van der Waals surface area (Å²) >= 11 is 1.61. The zero-order valence-corrected chi connectivity index (χ0v) is 7.48. The van der Waals surface area contributed by atoms with Crippen molar-refractivity contribution in [2.45, 2.75) is 0 Å². The van der Waals surface area contributed by atoms with Gasteiger partial charge in [-0.2, -0.15) is 0 Å². The first-order valence-corrected chi connectivity index (χ1v) is 4.44. The second-order valence-electron chi connectivity index (χ2n) is 2.50. The summed E-state index contributed by atoms with van der Waals surface area (Å²) in [4.78, 5) is 1.06. The third-order valence-electron chi connectivity index (χ3n) is 1.88. The van der Waals surface area contributed by atoms with Crippen molar-refractivity contribution >= 4 is 33.1 Å².